The highest BCUT2D eigenvalue weighted by molar-refractivity contribution is 4.88. The van der Waals surface area contributed by atoms with Gasteiger partial charge in [0.1, 0.15) is 5.82 Å². The van der Waals surface area contributed by atoms with E-state index in [1.54, 1.807) is 0 Å². The minimum Gasteiger partial charge on any atom is -0.319 e. The molecular formula is C6H9FN2. The zero-order valence-corrected chi connectivity index (χ0v) is 5.32. The number of aromatic amines is 1. The first-order valence-corrected chi connectivity index (χ1v) is 3.02. The second-order valence-electron chi connectivity index (χ2n) is 1.93. The third-order valence-electron chi connectivity index (χ3n) is 1.08. The number of aromatic nitrogens is 2. The van der Waals surface area contributed by atoms with Crippen LogP contribution in [0, 0.1) is 5.95 Å². The van der Waals surface area contributed by atoms with Crippen LogP contribution in [-0.4, -0.2) is 9.97 Å². The summed E-state index contributed by atoms with van der Waals surface area (Å²) < 4.78 is 12.1. The summed E-state index contributed by atoms with van der Waals surface area (Å²) in [4.78, 5) is 6.27. The van der Waals surface area contributed by atoms with Gasteiger partial charge >= 0.3 is 0 Å². The van der Waals surface area contributed by atoms with Crippen LogP contribution in [0.3, 0.4) is 0 Å². The number of rotatable bonds is 2. The number of H-pyrrole nitrogens is 1. The molecule has 1 rings (SSSR count). The highest BCUT2D eigenvalue weighted by atomic mass is 19.1. The highest BCUT2D eigenvalue weighted by Gasteiger charge is 1.95. The van der Waals surface area contributed by atoms with Crippen molar-refractivity contribution < 1.29 is 4.39 Å². The Labute approximate surface area is 53.1 Å². The molecule has 0 saturated carbocycles. The molecular weight excluding hydrogens is 119 g/mol. The van der Waals surface area contributed by atoms with Gasteiger partial charge in [0.15, 0.2) is 0 Å². The summed E-state index contributed by atoms with van der Waals surface area (Å²) >= 11 is 0. The van der Waals surface area contributed by atoms with Gasteiger partial charge in [0, 0.05) is 6.42 Å². The Balaban J connectivity index is 2.61. The molecule has 0 aliphatic rings. The molecule has 0 saturated heterocycles. The van der Waals surface area contributed by atoms with Crippen molar-refractivity contribution in [3.63, 3.8) is 0 Å². The van der Waals surface area contributed by atoms with Gasteiger partial charge in [-0.15, -0.1) is 0 Å². The van der Waals surface area contributed by atoms with E-state index in [0.29, 0.717) is 0 Å². The predicted molar refractivity (Wildman–Crippen MR) is 32.5 cm³/mol. The molecule has 2 nitrogen and oxygen atoms in total. The Hall–Kier alpha value is -0.860. The number of hydrogen-bond acceptors (Lipinski definition) is 1. The molecule has 50 valence electrons. The van der Waals surface area contributed by atoms with Gasteiger partial charge in [0.05, 0.1) is 6.20 Å². The van der Waals surface area contributed by atoms with E-state index in [4.69, 9.17) is 0 Å². The van der Waals surface area contributed by atoms with Gasteiger partial charge in [-0.1, -0.05) is 6.92 Å². The zero-order valence-electron chi connectivity index (χ0n) is 5.32. The topological polar surface area (TPSA) is 28.7 Å². The van der Waals surface area contributed by atoms with Crippen LogP contribution >= 0.6 is 0 Å². The summed E-state index contributed by atoms with van der Waals surface area (Å²) in [5.74, 6) is 0.383. The SMILES string of the molecule is CCCc1ncc(F)[nH]1. The lowest BCUT2D eigenvalue weighted by Crippen LogP contribution is -1.84. The smallest absolute Gasteiger partial charge is 0.210 e. The molecule has 0 aromatic carbocycles. The van der Waals surface area contributed by atoms with Crippen LogP contribution in [-0.2, 0) is 6.42 Å². The van der Waals surface area contributed by atoms with Crippen molar-refractivity contribution >= 4 is 0 Å². The molecule has 1 aromatic rings. The Morgan fingerprint density at radius 1 is 1.78 bits per heavy atom. The van der Waals surface area contributed by atoms with E-state index in [9.17, 15) is 4.39 Å². The van der Waals surface area contributed by atoms with Gasteiger partial charge in [0.2, 0.25) is 5.95 Å². The van der Waals surface area contributed by atoms with Gasteiger partial charge in [-0.05, 0) is 6.42 Å². The largest absolute Gasteiger partial charge is 0.319 e. The van der Waals surface area contributed by atoms with E-state index >= 15 is 0 Å². The van der Waals surface area contributed by atoms with Crippen molar-refractivity contribution in [2.75, 3.05) is 0 Å². The van der Waals surface area contributed by atoms with Gasteiger partial charge in [0.25, 0.3) is 0 Å². The van der Waals surface area contributed by atoms with Gasteiger partial charge < -0.3 is 4.98 Å². The molecule has 1 N–H and O–H groups in total. The number of imidazole rings is 1. The Morgan fingerprint density at radius 3 is 3.00 bits per heavy atom. The third kappa shape index (κ3) is 1.52. The minimum atomic E-state index is -0.349. The van der Waals surface area contributed by atoms with Crippen LogP contribution < -0.4 is 0 Å². The molecule has 0 bridgehead atoms. The summed E-state index contributed by atoms with van der Waals surface area (Å²) in [6.07, 6.45) is 3.02. The third-order valence-corrected chi connectivity index (χ3v) is 1.08. The molecule has 0 unspecified atom stereocenters. The maximum atomic E-state index is 12.1. The van der Waals surface area contributed by atoms with E-state index < -0.39 is 0 Å². The van der Waals surface area contributed by atoms with Crippen molar-refractivity contribution in [3.05, 3.63) is 18.0 Å². The van der Waals surface area contributed by atoms with Crippen molar-refractivity contribution in [2.24, 2.45) is 0 Å². The number of aryl methyl sites for hydroxylation is 1. The maximum Gasteiger partial charge on any atom is 0.210 e. The molecule has 0 radical (unpaired) electrons. The van der Waals surface area contributed by atoms with E-state index in [1.807, 2.05) is 6.92 Å². The lowest BCUT2D eigenvalue weighted by Gasteiger charge is -1.86. The fraction of sp³-hybridized carbons (Fsp3) is 0.500. The van der Waals surface area contributed by atoms with E-state index in [1.165, 1.54) is 6.20 Å². The van der Waals surface area contributed by atoms with Crippen molar-refractivity contribution in [3.8, 4) is 0 Å². The maximum absolute atomic E-state index is 12.1. The van der Waals surface area contributed by atoms with Crippen molar-refractivity contribution in [1.82, 2.24) is 9.97 Å². The fourth-order valence-electron chi connectivity index (χ4n) is 0.701. The summed E-state index contributed by atoms with van der Waals surface area (Å²) in [7, 11) is 0. The predicted octanol–water partition coefficient (Wildman–Crippen LogP) is 1.50. The molecule has 0 spiro atoms. The molecule has 9 heavy (non-hydrogen) atoms. The Kier molecular flexibility index (Phi) is 1.82. The average Bonchev–Trinajstić information content (AvgIpc) is 2.17. The molecule has 0 aliphatic heterocycles. The standard InChI is InChI=1S/C6H9FN2/c1-2-3-6-8-4-5(7)9-6/h4H,2-3H2,1H3,(H,8,9). The quantitative estimate of drug-likeness (QED) is 0.642. The zero-order chi connectivity index (χ0) is 6.69. The number of halogens is 1. The normalized spacial score (nSPS) is 10.0. The van der Waals surface area contributed by atoms with Crippen LogP contribution in [0.4, 0.5) is 4.39 Å². The van der Waals surface area contributed by atoms with Crippen LogP contribution in [0.5, 0.6) is 0 Å². The fourth-order valence-corrected chi connectivity index (χ4v) is 0.701. The molecule has 1 aromatic heterocycles. The molecule has 0 amide bonds. The Bertz CT molecular complexity index is 183. The van der Waals surface area contributed by atoms with Crippen molar-refractivity contribution in [1.29, 1.82) is 0 Å². The van der Waals surface area contributed by atoms with Crippen LogP contribution in [0.15, 0.2) is 6.20 Å². The Morgan fingerprint density at radius 2 is 2.56 bits per heavy atom. The van der Waals surface area contributed by atoms with E-state index in [2.05, 4.69) is 9.97 Å². The number of nitrogens with zero attached hydrogens (tertiary/aromatic N) is 1. The lowest BCUT2D eigenvalue weighted by atomic mass is 10.3. The highest BCUT2D eigenvalue weighted by Crippen LogP contribution is 1.96. The van der Waals surface area contributed by atoms with Crippen LogP contribution in [0.2, 0.25) is 0 Å². The van der Waals surface area contributed by atoms with Gasteiger partial charge in [-0.3, -0.25) is 0 Å². The first kappa shape index (κ1) is 6.26. The van der Waals surface area contributed by atoms with E-state index in [-0.39, 0.29) is 5.95 Å². The van der Waals surface area contributed by atoms with Crippen LogP contribution in [0.1, 0.15) is 19.2 Å². The molecule has 0 aliphatic carbocycles. The van der Waals surface area contributed by atoms with Gasteiger partial charge in [-0.2, -0.15) is 4.39 Å². The summed E-state index contributed by atoms with van der Waals surface area (Å²) in [6.45, 7) is 2.03. The first-order chi connectivity index (χ1) is 4.33. The molecule has 3 heteroatoms. The number of nitrogens with one attached hydrogen (secondary N) is 1. The van der Waals surface area contributed by atoms with Gasteiger partial charge in [-0.25, -0.2) is 4.98 Å². The lowest BCUT2D eigenvalue weighted by molar-refractivity contribution is 0.586. The first-order valence-electron chi connectivity index (χ1n) is 3.02. The minimum absolute atomic E-state index is 0.349. The summed E-state index contributed by atoms with van der Waals surface area (Å²) in [5.41, 5.74) is 0. The second kappa shape index (κ2) is 2.62. The van der Waals surface area contributed by atoms with Crippen LogP contribution in [0.25, 0.3) is 0 Å². The average molecular weight is 128 g/mol. The monoisotopic (exact) mass is 128 g/mol. The van der Waals surface area contributed by atoms with Crippen molar-refractivity contribution in [2.45, 2.75) is 19.8 Å². The number of hydrogen-bond donors (Lipinski definition) is 1. The molecule has 0 atom stereocenters. The second-order valence-corrected chi connectivity index (χ2v) is 1.93. The summed E-state index contributed by atoms with van der Waals surface area (Å²) in [5, 5.41) is 0. The van der Waals surface area contributed by atoms with E-state index in [0.717, 1.165) is 18.7 Å². The summed E-state index contributed by atoms with van der Waals surface area (Å²) in [6, 6.07) is 0. The molecule has 1 heterocycles. The molecule has 0 fully saturated rings.